The Bertz CT molecular complexity index is 561. The second-order valence-corrected chi connectivity index (χ2v) is 8.24. The van der Waals surface area contributed by atoms with Crippen LogP contribution in [-0.4, -0.2) is 11.1 Å². The molecule has 0 amide bonds. The second-order valence-electron chi connectivity index (χ2n) is 8.24. The molecule has 0 fully saturated rings. The molecule has 130 valence electrons. The van der Waals surface area contributed by atoms with E-state index < -0.39 is 0 Å². The van der Waals surface area contributed by atoms with E-state index >= 15 is 0 Å². The van der Waals surface area contributed by atoms with Crippen molar-refractivity contribution in [2.24, 2.45) is 11.8 Å². The minimum atomic E-state index is 0.142. The summed E-state index contributed by atoms with van der Waals surface area (Å²) in [4.78, 5) is 5.01. The van der Waals surface area contributed by atoms with E-state index in [1.807, 2.05) is 0 Å². The standard InChI is InChI=1S/C21H35NO/c1-11(2)18-10-13(5)16(8)23-17(9)19-14(6)15(7)22-21(12(3)4)20(18)19/h11-13,16-18H,10H2,1-9H3/t13-,16-,17+,18?/m1/s1. The number of aryl methyl sites for hydroxylation is 1. The van der Waals surface area contributed by atoms with Crippen LogP contribution in [0.15, 0.2) is 0 Å². The number of hydrogen-bond donors (Lipinski definition) is 0. The highest BCUT2D eigenvalue weighted by Gasteiger charge is 2.34. The predicted molar refractivity (Wildman–Crippen MR) is 98.1 cm³/mol. The summed E-state index contributed by atoms with van der Waals surface area (Å²) in [5.74, 6) is 2.20. The van der Waals surface area contributed by atoms with Crippen molar-refractivity contribution in [2.45, 2.75) is 92.8 Å². The Balaban J connectivity index is 2.77. The van der Waals surface area contributed by atoms with Crippen molar-refractivity contribution in [3.8, 4) is 0 Å². The van der Waals surface area contributed by atoms with Gasteiger partial charge in [-0.2, -0.15) is 0 Å². The molecule has 23 heavy (non-hydrogen) atoms. The maximum Gasteiger partial charge on any atom is 0.0807 e. The monoisotopic (exact) mass is 317 g/mol. The van der Waals surface area contributed by atoms with E-state index in [2.05, 4.69) is 62.3 Å². The zero-order chi connectivity index (χ0) is 17.5. The van der Waals surface area contributed by atoms with Crippen molar-refractivity contribution in [3.05, 3.63) is 28.1 Å². The molecule has 0 saturated carbocycles. The molecule has 2 nitrogen and oxygen atoms in total. The van der Waals surface area contributed by atoms with Gasteiger partial charge in [0.05, 0.1) is 12.2 Å². The third-order valence-electron chi connectivity index (χ3n) is 5.78. The van der Waals surface area contributed by atoms with Gasteiger partial charge in [-0.3, -0.25) is 4.98 Å². The van der Waals surface area contributed by atoms with Crippen LogP contribution < -0.4 is 0 Å². The molecule has 2 rings (SSSR count). The maximum atomic E-state index is 6.40. The summed E-state index contributed by atoms with van der Waals surface area (Å²) in [6.07, 6.45) is 1.63. The fourth-order valence-electron chi connectivity index (χ4n) is 4.05. The summed E-state index contributed by atoms with van der Waals surface area (Å²) in [5, 5.41) is 0. The molecule has 0 saturated heterocycles. The van der Waals surface area contributed by atoms with Gasteiger partial charge in [0.15, 0.2) is 0 Å². The van der Waals surface area contributed by atoms with E-state index in [4.69, 9.17) is 9.72 Å². The van der Waals surface area contributed by atoms with Crippen LogP contribution in [0.2, 0.25) is 0 Å². The first kappa shape index (κ1) is 18.4. The van der Waals surface area contributed by atoms with Crippen molar-refractivity contribution in [1.29, 1.82) is 0 Å². The van der Waals surface area contributed by atoms with Gasteiger partial charge in [-0.15, -0.1) is 0 Å². The van der Waals surface area contributed by atoms with Gasteiger partial charge in [-0.1, -0.05) is 34.6 Å². The van der Waals surface area contributed by atoms with Crippen molar-refractivity contribution in [2.75, 3.05) is 0 Å². The third kappa shape index (κ3) is 3.47. The molecule has 2 heteroatoms. The molecule has 0 radical (unpaired) electrons. The highest BCUT2D eigenvalue weighted by Crippen LogP contribution is 2.44. The summed E-state index contributed by atoms with van der Waals surface area (Å²) < 4.78 is 6.40. The van der Waals surface area contributed by atoms with Crippen molar-refractivity contribution in [3.63, 3.8) is 0 Å². The molecule has 0 bridgehead atoms. The highest BCUT2D eigenvalue weighted by atomic mass is 16.5. The van der Waals surface area contributed by atoms with Gasteiger partial charge in [0.2, 0.25) is 0 Å². The topological polar surface area (TPSA) is 22.1 Å². The summed E-state index contributed by atoms with van der Waals surface area (Å²) in [6, 6.07) is 0. The van der Waals surface area contributed by atoms with Gasteiger partial charge in [0.1, 0.15) is 0 Å². The Morgan fingerprint density at radius 1 is 1.00 bits per heavy atom. The molecule has 1 aliphatic rings. The lowest BCUT2D eigenvalue weighted by Gasteiger charge is -2.38. The molecule has 0 N–H and O–H groups in total. The number of aromatic nitrogens is 1. The number of fused-ring (bicyclic) bond motifs is 1. The van der Waals surface area contributed by atoms with Gasteiger partial charge >= 0.3 is 0 Å². The maximum absolute atomic E-state index is 6.40. The van der Waals surface area contributed by atoms with E-state index in [1.54, 1.807) is 0 Å². The second kappa shape index (κ2) is 6.93. The Morgan fingerprint density at radius 3 is 2.13 bits per heavy atom. The van der Waals surface area contributed by atoms with E-state index in [0.717, 1.165) is 5.69 Å². The molecule has 1 aromatic heterocycles. The largest absolute Gasteiger partial charge is 0.371 e. The predicted octanol–water partition coefficient (Wildman–Crippen LogP) is 6.07. The lowest BCUT2D eigenvalue weighted by Crippen LogP contribution is -2.29. The molecule has 1 unspecified atom stereocenters. The average molecular weight is 318 g/mol. The van der Waals surface area contributed by atoms with Gasteiger partial charge < -0.3 is 4.74 Å². The van der Waals surface area contributed by atoms with Crippen LogP contribution in [-0.2, 0) is 4.74 Å². The molecule has 4 atom stereocenters. The Labute approximate surface area is 143 Å². The van der Waals surface area contributed by atoms with Crippen LogP contribution in [0.1, 0.15) is 101 Å². The molecular formula is C21H35NO. The SMILES string of the molecule is Cc1nc(C(C)C)c2c(c1C)[C@H](C)O[C@H](C)[C@H](C)CC2C(C)C. The van der Waals surface area contributed by atoms with Crippen LogP contribution in [0.3, 0.4) is 0 Å². The molecule has 0 spiro atoms. The van der Waals surface area contributed by atoms with Crippen molar-refractivity contribution in [1.82, 2.24) is 4.98 Å². The number of nitrogens with zero attached hydrogens (tertiary/aromatic N) is 1. The molecular weight excluding hydrogens is 282 g/mol. The first-order chi connectivity index (χ1) is 10.6. The summed E-state index contributed by atoms with van der Waals surface area (Å²) >= 11 is 0. The summed E-state index contributed by atoms with van der Waals surface area (Å²) in [7, 11) is 0. The minimum absolute atomic E-state index is 0.142. The third-order valence-corrected chi connectivity index (χ3v) is 5.78. The van der Waals surface area contributed by atoms with Gasteiger partial charge in [0.25, 0.3) is 0 Å². The van der Waals surface area contributed by atoms with Crippen LogP contribution in [0, 0.1) is 25.7 Å². The van der Waals surface area contributed by atoms with Crippen LogP contribution >= 0.6 is 0 Å². The van der Waals surface area contributed by atoms with Crippen LogP contribution in [0.5, 0.6) is 0 Å². The Morgan fingerprint density at radius 2 is 1.61 bits per heavy atom. The highest BCUT2D eigenvalue weighted by molar-refractivity contribution is 5.45. The molecule has 1 aromatic rings. The molecule has 1 aliphatic heterocycles. The van der Waals surface area contributed by atoms with Crippen LogP contribution in [0.4, 0.5) is 0 Å². The van der Waals surface area contributed by atoms with E-state index in [9.17, 15) is 0 Å². The minimum Gasteiger partial charge on any atom is -0.371 e. The fourth-order valence-corrected chi connectivity index (χ4v) is 4.05. The van der Waals surface area contributed by atoms with Crippen molar-refractivity contribution < 1.29 is 4.74 Å². The van der Waals surface area contributed by atoms with Gasteiger partial charge in [0, 0.05) is 11.4 Å². The first-order valence-electron chi connectivity index (χ1n) is 9.31. The Hall–Kier alpha value is -0.890. The average Bonchev–Trinajstić information content (AvgIpc) is 2.44. The summed E-state index contributed by atoms with van der Waals surface area (Å²) in [5.41, 5.74) is 6.68. The van der Waals surface area contributed by atoms with Crippen molar-refractivity contribution >= 4 is 0 Å². The zero-order valence-electron chi connectivity index (χ0n) is 16.5. The quantitative estimate of drug-likeness (QED) is 0.660. The van der Waals surface area contributed by atoms with E-state index in [1.165, 1.54) is 28.8 Å². The normalized spacial score (nSPS) is 28.7. The van der Waals surface area contributed by atoms with E-state index in [0.29, 0.717) is 29.8 Å². The lowest BCUT2D eigenvalue weighted by atomic mass is 9.74. The number of ether oxygens (including phenoxy) is 1. The number of rotatable bonds is 2. The zero-order valence-corrected chi connectivity index (χ0v) is 16.5. The van der Waals surface area contributed by atoms with Gasteiger partial charge in [-0.05, 0) is 74.5 Å². The van der Waals surface area contributed by atoms with Gasteiger partial charge in [-0.25, -0.2) is 0 Å². The lowest BCUT2D eigenvalue weighted by molar-refractivity contribution is -0.0313. The first-order valence-corrected chi connectivity index (χ1v) is 9.31. The van der Waals surface area contributed by atoms with Crippen LogP contribution in [0.25, 0.3) is 0 Å². The fraction of sp³-hybridized carbons (Fsp3) is 0.762. The molecule has 2 heterocycles. The molecule has 0 aromatic carbocycles. The number of hydrogen-bond acceptors (Lipinski definition) is 2. The number of pyridine rings is 1. The van der Waals surface area contributed by atoms with E-state index in [-0.39, 0.29) is 6.10 Å². The summed E-state index contributed by atoms with van der Waals surface area (Å²) in [6.45, 7) is 20.4. The Kier molecular flexibility index (Phi) is 5.56. The smallest absolute Gasteiger partial charge is 0.0807 e. The molecule has 0 aliphatic carbocycles.